The number of rotatable bonds is 5. The van der Waals surface area contributed by atoms with Crippen molar-refractivity contribution < 1.29 is 9.69 Å². The molecule has 1 amide bonds. The molecule has 0 unspecified atom stereocenters. The molecule has 0 spiro atoms. The van der Waals surface area contributed by atoms with Gasteiger partial charge in [-0.05, 0) is 36.6 Å². The van der Waals surface area contributed by atoms with Crippen molar-refractivity contribution >= 4 is 34.5 Å². The lowest BCUT2D eigenvalue weighted by Crippen LogP contribution is -3.19. The zero-order valence-corrected chi connectivity index (χ0v) is 15.4. The highest BCUT2D eigenvalue weighted by Crippen LogP contribution is 2.19. The van der Waals surface area contributed by atoms with Crippen molar-refractivity contribution in [2.45, 2.75) is 19.5 Å². The molecule has 3 rings (SSSR count). The minimum Gasteiger partial charge on any atom is -0.360 e. The fourth-order valence-corrected chi connectivity index (χ4v) is 3.91. The summed E-state index contributed by atoms with van der Waals surface area (Å²) >= 11 is 7.75. The van der Waals surface area contributed by atoms with Crippen LogP contribution in [0.4, 0.5) is 5.69 Å². The summed E-state index contributed by atoms with van der Waals surface area (Å²) in [6.07, 6.45) is 0. The molecule has 1 aromatic heterocycles. The maximum Gasteiger partial charge on any atom is 0.278 e. The monoisotopic (exact) mass is 364 g/mol. The van der Waals surface area contributed by atoms with Crippen LogP contribution in [0.25, 0.3) is 0 Å². The quantitative estimate of drug-likeness (QED) is 0.849. The third kappa shape index (κ3) is 4.29. The predicted octanol–water partition coefficient (Wildman–Crippen LogP) is 1.81. The number of nitrogens with one attached hydrogen (secondary N) is 2. The zero-order chi connectivity index (χ0) is 16.9. The second-order valence-electron chi connectivity index (χ2n) is 6.14. The molecule has 0 bridgehead atoms. The summed E-state index contributed by atoms with van der Waals surface area (Å²) < 4.78 is 0. The zero-order valence-electron chi connectivity index (χ0n) is 13.8. The van der Waals surface area contributed by atoms with Crippen LogP contribution in [0.3, 0.4) is 0 Å². The van der Waals surface area contributed by atoms with Crippen molar-refractivity contribution in [1.29, 1.82) is 0 Å². The molecular weight excluding hydrogens is 342 g/mol. The van der Waals surface area contributed by atoms with Gasteiger partial charge in [0.1, 0.15) is 0 Å². The maximum atomic E-state index is 12.4. The lowest BCUT2D eigenvalue weighted by atomic mass is 10.2. The van der Waals surface area contributed by atoms with Gasteiger partial charge in [-0.15, -0.1) is 11.3 Å². The molecule has 0 aliphatic carbocycles. The molecule has 1 fully saturated rings. The normalized spacial score (nSPS) is 16.8. The number of amides is 1. The van der Waals surface area contributed by atoms with Crippen molar-refractivity contribution in [2.75, 3.05) is 31.1 Å². The molecule has 4 nitrogen and oxygen atoms in total. The molecule has 1 atom stereocenters. The second-order valence-corrected chi connectivity index (χ2v) is 7.61. The SMILES string of the molecule is C[C@H](C(=O)NCc1cccs1)[NH+]1CCN(c2cccc(Cl)c2)CC1. The molecule has 0 radical (unpaired) electrons. The highest BCUT2D eigenvalue weighted by molar-refractivity contribution is 7.09. The Labute approximate surface area is 152 Å². The average Bonchev–Trinajstić information content (AvgIpc) is 3.13. The van der Waals surface area contributed by atoms with E-state index in [0.29, 0.717) is 6.54 Å². The van der Waals surface area contributed by atoms with Crippen molar-refractivity contribution in [3.63, 3.8) is 0 Å². The van der Waals surface area contributed by atoms with Crippen LogP contribution in [-0.4, -0.2) is 38.1 Å². The van der Waals surface area contributed by atoms with Gasteiger partial charge in [0.2, 0.25) is 0 Å². The summed E-state index contributed by atoms with van der Waals surface area (Å²) in [5, 5.41) is 5.85. The van der Waals surface area contributed by atoms with Gasteiger partial charge in [-0.3, -0.25) is 4.79 Å². The Kier molecular flexibility index (Phi) is 5.76. The van der Waals surface area contributed by atoms with Gasteiger partial charge in [0.25, 0.3) is 5.91 Å². The van der Waals surface area contributed by atoms with Gasteiger partial charge in [0.15, 0.2) is 6.04 Å². The summed E-state index contributed by atoms with van der Waals surface area (Å²) in [5.41, 5.74) is 1.16. The molecule has 2 N–H and O–H groups in total. The standard InChI is InChI=1S/C18H22ClN3OS/c1-14(18(23)20-13-17-6-3-11-24-17)21-7-9-22(10-8-21)16-5-2-4-15(19)12-16/h2-6,11-12,14H,7-10,13H2,1H3,(H,20,23)/p+1/t14-/m1/s1. The number of carbonyl (C=O) groups excluding carboxylic acids is 1. The molecule has 2 aromatic rings. The van der Waals surface area contributed by atoms with Gasteiger partial charge >= 0.3 is 0 Å². The lowest BCUT2D eigenvalue weighted by molar-refractivity contribution is -0.914. The number of quaternary nitrogens is 1. The lowest BCUT2D eigenvalue weighted by Gasteiger charge is -2.36. The summed E-state index contributed by atoms with van der Waals surface area (Å²) in [5.74, 6) is 0.134. The van der Waals surface area contributed by atoms with Gasteiger partial charge in [-0.2, -0.15) is 0 Å². The number of nitrogens with zero attached hydrogens (tertiary/aromatic N) is 1. The molecule has 6 heteroatoms. The van der Waals surface area contributed by atoms with E-state index in [0.717, 1.165) is 36.9 Å². The smallest absolute Gasteiger partial charge is 0.278 e. The number of carbonyl (C=O) groups is 1. The minimum absolute atomic E-state index is 0.0218. The number of anilines is 1. The van der Waals surface area contributed by atoms with Gasteiger partial charge in [-0.1, -0.05) is 23.7 Å². The Morgan fingerprint density at radius 2 is 2.12 bits per heavy atom. The number of hydrogen-bond acceptors (Lipinski definition) is 3. The molecule has 24 heavy (non-hydrogen) atoms. The first kappa shape index (κ1) is 17.3. The minimum atomic E-state index is -0.0218. The topological polar surface area (TPSA) is 36.8 Å². The number of halogens is 1. The molecule has 1 saturated heterocycles. The molecule has 1 aliphatic heterocycles. The molecule has 2 heterocycles. The number of benzene rings is 1. The van der Waals surface area contributed by atoms with E-state index in [9.17, 15) is 4.79 Å². The van der Waals surface area contributed by atoms with Crippen LogP contribution in [-0.2, 0) is 11.3 Å². The van der Waals surface area contributed by atoms with Gasteiger partial charge in [0, 0.05) is 15.6 Å². The summed E-state index contributed by atoms with van der Waals surface area (Å²) in [4.78, 5) is 17.2. The van der Waals surface area contributed by atoms with Crippen LogP contribution >= 0.6 is 22.9 Å². The van der Waals surface area contributed by atoms with Gasteiger partial charge < -0.3 is 15.1 Å². The third-order valence-electron chi connectivity index (χ3n) is 4.60. The van der Waals surface area contributed by atoms with Crippen LogP contribution in [0.2, 0.25) is 5.02 Å². The van der Waals surface area contributed by atoms with E-state index in [1.807, 2.05) is 42.6 Å². The Morgan fingerprint density at radius 3 is 2.79 bits per heavy atom. The van der Waals surface area contributed by atoms with Crippen LogP contribution in [0.15, 0.2) is 41.8 Å². The van der Waals surface area contributed by atoms with Crippen LogP contribution in [0.5, 0.6) is 0 Å². The molecule has 0 saturated carbocycles. The first-order valence-corrected chi connectivity index (χ1v) is 9.54. The predicted molar refractivity (Wildman–Crippen MR) is 100.0 cm³/mol. The largest absolute Gasteiger partial charge is 0.360 e. The van der Waals surface area contributed by atoms with Crippen LogP contribution < -0.4 is 15.1 Å². The summed E-state index contributed by atoms with van der Waals surface area (Å²) in [6, 6.07) is 12.0. The molecule has 128 valence electrons. The van der Waals surface area contributed by atoms with Crippen molar-refractivity contribution in [3.8, 4) is 0 Å². The van der Waals surface area contributed by atoms with Gasteiger partial charge in [0.05, 0.1) is 32.7 Å². The number of piperazine rings is 1. The Morgan fingerprint density at radius 1 is 1.33 bits per heavy atom. The number of hydrogen-bond donors (Lipinski definition) is 2. The molecule has 1 aromatic carbocycles. The first-order chi connectivity index (χ1) is 11.6. The molecular formula is C18H23ClN3OS+. The van der Waals surface area contributed by atoms with Crippen LogP contribution in [0, 0.1) is 0 Å². The molecule has 1 aliphatic rings. The highest BCUT2D eigenvalue weighted by atomic mass is 35.5. The van der Waals surface area contributed by atoms with Crippen molar-refractivity contribution in [1.82, 2.24) is 5.32 Å². The van der Waals surface area contributed by atoms with E-state index in [4.69, 9.17) is 11.6 Å². The maximum absolute atomic E-state index is 12.4. The van der Waals surface area contributed by atoms with E-state index in [2.05, 4.69) is 16.3 Å². The second kappa shape index (κ2) is 8.01. The summed E-state index contributed by atoms with van der Waals surface area (Å²) in [6.45, 7) is 6.45. The highest BCUT2D eigenvalue weighted by Gasteiger charge is 2.29. The number of thiophene rings is 1. The van der Waals surface area contributed by atoms with E-state index < -0.39 is 0 Å². The van der Waals surface area contributed by atoms with E-state index in [1.165, 1.54) is 9.78 Å². The Bertz CT molecular complexity index is 669. The van der Waals surface area contributed by atoms with Crippen LogP contribution in [0.1, 0.15) is 11.8 Å². The fraction of sp³-hybridized carbons (Fsp3) is 0.389. The average molecular weight is 365 g/mol. The third-order valence-corrected chi connectivity index (χ3v) is 5.71. The van der Waals surface area contributed by atoms with E-state index in [1.54, 1.807) is 11.3 Å². The van der Waals surface area contributed by atoms with E-state index >= 15 is 0 Å². The Hall–Kier alpha value is -1.56. The fourth-order valence-electron chi connectivity index (χ4n) is 3.08. The van der Waals surface area contributed by atoms with Gasteiger partial charge in [-0.25, -0.2) is 0 Å². The van der Waals surface area contributed by atoms with Crippen molar-refractivity contribution in [2.24, 2.45) is 0 Å². The van der Waals surface area contributed by atoms with Crippen molar-refractivity contribution in [3.05, 3.63) is 51.7 Å². The first-order valence-electron chi connectivity index (χ1n) is 8.28. The summed E-state index contributed by atoms with van der Waals surface area (Å²) in [7, 11) is 0. The Balaban J connectivity index is 1.49. The van der Waals surface area contributed by atoms with E-state index in [-0.39, 0.29) is 11.9 Å².